The van der Waals surface area contributed by atoms with E-state index in [1.54, 1.807) is 7.11 Å². The maximum absolute atomic E-state index is 6.55. The summed E-state index contributed by atoms with van der Waals surface area (Å²) < 4.78 is 11.7. The van der Waals surface area contributed by atoms with Crippen molar-refractivity contribution in [2.45, 2.75) is 58.2 Å². The molecule has 0 spiro atoms. The van der Waals surface area contributed by atoms with Crippen LogP contribution in [0.1, 0.15) is 40.0 Å². The maximum atomic E-state index is 6.55. The quantitative estimate of drug-likeness (QED) is 0.597. The second-order valence-corrected chi connectivity index (χ2v) is 9.67. The van der Waals surface area contributed by atoms with Gasteiger partial charge in [-0.05, 0) is 36.5 Å². The summed E-state index contributed by atoms with van der Waals surface area (Å²) in [5, 5.41) is 0. The van der Waals surface area contributed by atoms with Crippen LogP contribution in [0.2, 0.25) is 18.1 Å². The molecule has 0 N–H and O–H groups in total. The number of hydrogen-bond acceptors (Lipinski definition) is 2. The fourth-order valence-corrected chi connectivity index (χ4v) is 5.16. The first kappa shape index (κ1) is 15.5. The van der Waals surface area contributed by atoms with Crippen LogP contribution < -0.4 is 0 Å². The number of hydrogen-bond donors (Lipinski definition) is 0. The molecule has 0 saturated carbocycles. The van der Waals surface area contributed by atoms with Crippen LogP contribution in [0.3, 0.4) is 0 Å². The lowest BCUT2D eigenvalue weighted by Crippen LogP contribution is -2.35. The number of ether oxygens (including phenoxy) is 1. The van der Waals surface area contributed by atoms with Crippen LogP contribution in [-0.2, 0) is 9.16 Å². The lowest BCUT2D eigenvalue weighted by Gasteiger charge is -2.32. The van der Waals surface area contributed by atoms with Gasteiger partial charge in [0, 0.05) is 13.5 Å². The maximum Gasteiger partial charge on any atom is 0.250 e. The summed E-state index contributed by atoms with van der Waals surface area (Å²) in [4.78, 5) is 0. The second-order valence-electron chi connectivity index (χ2n) is 4.98. The largest absolute Gasteiger partial charge is 0.546 e. The minimum atomic E-state index is -1.52. The third-order valence-corrected chi connectivity index (χ3v) is 8.61. The molecule has 0 aliphatic heterocycles. The molecule has 0 aromatic rings. The van der Waals surface area contributed by atoms with Crippen LogP contribution in [0, 0.1) is 0 Å². The average molecular weight is 268 g/mol. The zero-order valence-corrected chi connectivity index (χ0v) is 13.4. The van der Waals surface area contributed by atoms with Crippen LogP contribution in [0.15, 0.2) is 23.5 Å². The van der Waals surface area contributed by atoms with Crippen LogP contribution in [-0.4, -0.2) is 22.0 Å². The van der Waals surface area contributed by atoms with Gasteiger partial charge < -0.3 is 9.16 Å². The second kappa shape index (κ2) is 7.80. The van der Waals surface area contributed by atoms with Crippen LogP contribution >= 0.6 is 0 Å². The Morgan fingerprint density at radius 2 is 1.83 bits per heavy atom. The van der Waals surface area contributed by atoms with Crippen molar-refractivity contribution in [3.8, 4) is 0 Å². The van der Waals surface area contributed by atoms with Crippen molar-refractivity contribution in [3.05, 3.63) is 23.5 Å². The molecule has 2 nitrogen and oxygen atoms in total. The third-order valence-electron chi connectivity index (χ3n) is 4.06. The highest BCUT2D eigenvalue weighted by molar-refractivity contribution is 6.73. The Balaban J connectivity index is 2.82. The molecular weight excluding hydrogens is 240 g/mol. The molecule has 1 aliphatic carbocycles. The predicted octanol–water partition coefficient (Wildman–Crippen LogP) is 4.65. The summed E-state index contributed by atoms with van der Waals surface area (Å²) in [7, 11) is 0.242. The molecule has 0 unspecified atom stereocenters. The van der Waals surface area contributed by atoms with E-state index in [9.17, 15) is 0 Å². The summed E-state index contributed by atoms with van der Waals surface area (Å²) in [6.45, 7) is 7.64. The summed E-state index contributed by atoms with van der Waals surface area (Å²) in [6, 6.07) is 3.64. The van der Waals surface area contributed by atoms with E-state index >= 15 is 0 Å². The smallest absolute Gasteiger partial charge is 0.250 e. The SMILES string of the molecule is CC[Si](CC)(CC)OC1=C(CCOC)C=CCC1. The molecule has 0 amide bonds. The lowest BCUT2D eigenvalue weighted by molar-refractivity contribution is 0.201. The van der Waals surface area contributed by atoms with Crippen molar-refractivity contribution in [1.82, 2.24) is 0 Å². The van der Waals surface area contributed by atoms with E-state index in [0.717, 1.165) is 25.9 Å². The van der Waals surface area contributed by atoms with Gasteiger partial charge in [-0.15, -0.1) is 0 Å². The molecule has 0 heterocycles. The Morgan fingerprint density at radius 1 is 1.17 bits per heavy atom. The highest BCUT2D eigenvalue weighted by atomic mass is 28.4. The fourth-order valence-electron chi connectivity index (χ4n) is 2.47. The van der Waals surface area contributed by atoms with Crippen LogP contribution in [0.5, 0.6) is 0 Å². The van der Waals surface area contributed by atoms with E-state index in [-0.39, 0.29) is 0 Å². The monoisotopic (exact) mass is 268 g/mol. The van der Waals surface area contributed by atoms with E-state index < -0.39 is 8.32 Å². The molecule has 0 saturated heterocycles. The first-order valence-corrected chi connectivity index (χ1v) is 9.80. The summed E-state index contributed by atoms with van der Waals surface area (Å²) in [6.07, 6.45) is 7.66. The molecule has 104 valence electrons. The van der Waals surface area contributed by atoms with E-state index in [2.05, 4.69) is 32.9 Å². The number of methoxy groups -OCH3 is 1. The van der Waals surface area contributed by atoms with Crippen molar-refractivity contribution in [2.75, 3.05) is 13.7 Å². The minimum Gasteiger partial charge on any atom is -0.546 e. The molecular formula is C15H28O2Si. The third kappa shape index (κ3) is 3.99. The molecule has 0 aromatic carbocycles. The summed E-state index contributed by atoms with van der Waals surface area (Å²) in [5.74, 6) is 1.26. The molecule has 0 aromatic heterocycles. The topological polar surface area (TPSA) is 18.5 Å². The van der Waals surface area contributed by atoms with Gasteiger partial charge in [-0.2, -0.15) is 0 Å². The van der Waals surface area contributed by atoms with E-state index in [0.29, 0.717) is 0 Å². The molecule has 18 heavy (non-hydrogen) atoms. The van der Waals surface area contributed by atoms with Crippen molar-refractivity contribution < 1.29 is 9.16 Å². The zero-order valence-electron chi connectivity index (χ0n) is 12.4. The normalized spacial score (nSPS) is 16.2. The highest BCUT2D eigenvalue weighted by Crippen LogP contribution is 2.31. The summed E-state index contributed by atoms with van der Waals surface area (Å²) in [5.41, 5.74) is 1.36. The molecule has 1 rings (SSSR count). The lowest BCUT2D eigenvalue weighted by atomic mass is 10.0. The Morgan fingerprint density at radius 3 is 2.39 bits per heavy atom. The standard InChI is InChI=1S/C15H28O2Si/c1-5-18(6-2,7-3)17-15-11-9-8-10-14(15)12-13-16-4/h8,10H,5-7,9,11-13H2,1-4H3. The van der Waals surface area contributed by atoms with E-state index in [1.807, 2.05) is 0 Å². The van der Waals surface area contributed by atoms with Gasteiger partial charge >= 0.3 is 0 Å². The van der Waals surface area contributed by atoms with Gasteiger partial charge in [0.05, 0.1) is 12.4 Å². The minimum absolute atomic E-state index is 0.783. The molecule has 0 bridgehead atoms. The first-order valence-electron chi connectivity index (χ1n) is 7.27. The molecule has 3 heteroatoms. The Hall–Kier alpha value is -0.543. The van der Waals surface area contributed by atoms with Crippen LogP contribution in [0.4, 0.5) is 0 Å². The van der Waals surface area contributed by atoms with Crippen LogP contribution in [0.25, 0.3) is 0 Å². The van der Waals surface area contributed by atoms with E-state index in [1.165, 1.54) is 29.5 Å². The highest BCUT2D eigenvalue weighted by Gasteiger charge is 2.32. The Kier molecular flexibility index (Phi) is 6.72. The van der Waals surface area contributed by atoms with Gasteiger partial charge in [-0.1, -0.05) is 32.9 Å². The zero-order chi connectivity index (χ0) is 13.4. The van der Waals surface area contributed by atoms with Crippen molar-refractivity contribution >= 4 is 8.32 Å². The van der Waals surface area contributed by atoms with Crippen molar-refractivity contribution in [2.24, 2.45) is 0 Å². The van der Waals surface area contributed by atoms with Gasteiger partial charge in [-0.3, -0.25) is 0 Å². The van der Waals surface area contributed by atoms with Gasteiger partial charge in [0.15, 0.2) is 0 Å². The molecule has 0 atom stereocenters. The molecule has 0 radical (unpaired) electrons. The van der Waals surface area contributed by atoms with Gasteiger partial charge in [0.25, 0.3) is 0 Å². The number of allylic oxidation sites excluding steroid dienone is 3. The predicted molar refractivity (Wildman–Crippen MR) is 80.2 cm³/mol. The Labute approximate surface area is 113 Å². The molecule has 1 aliphatic rings. The van der Waals surface area contributed by atoms with Gasteiger partial charge in [0.1, 0.15) is 0 Å². The fraction of sp³-hybridized carbons (Fsp3) is 0.733. The van der Waals surface area contributed by atoms with Crippen molar-refractivity contribution in [3.63, 3.8) is 0 Å². The number of rotatable bonds is 8. The molecule has 0 fully saturated rings. The summed E-state index contributed by atoms with van der Waals surface area (Å²) >= 11 is 0. The van der Waals surface area contributed by atoms with Gasteiger partial charge in [0.2, 0.25) is 8.32 Å². The van der Waals surface area contributed by atoms with Gasteiger partial charge in [-0.25, -0.2) is 0 Å². The van der Waals surface area contributed by atoms with Crippen molar-refractivity contribution in [1.29, 1.82) is 0 Å². The average Bonchev–Trinajstić information content (AvgIpc) is 2.44. The first-order chi connectivity index (χ1) is 8.71. The Bertz CT molecular complexity index is 295. The van der Waals surface area contributed by atoms with E-state index in [4.69, 9.17) is 9.16 Å².